The standard InChI is InChI=1S/C14H23N3O2/c1-17(2)12(13-6-4-8-19-13)10-16-14(18)11-5-3-7-15-9-11/h4,6,8,11-12,15H,3,5,7,9-10H2,1-2H3,(H,16,18)/t11-,12?/m1/s1. The topological polar surface area (TPSA) is 57.5 Å². The molecule has 0 spiro atoms. The first-order valence-corrected chi connectivity index (χ1v) is 6.86. The lowest BCUT2D eigenvalue weighted by Gasteiger charge is -2.25. The molecule has 19 heavy (non-hydrogen) atoms. The van der Waals surface area contributed by atoms with Gasteiger partial charge in [0.2, 0.25) is 5.91 Å². The van der Waals surface area contributed by atoms with Gasteiger partial charge < -0.3 is 15.1 Å². The normalized spacial score (nSPS) is 21.3. The molecule has 1 aliphatic rings. The summed E-state index contributed by atoms with van der Waals surface area (Å²) in [5.74, 6) is 1.13. The highest BCUT2D eigenvalue weighted by Crippen LogP contribution is 2.18. The van der Waals surface area contributed by atoms with Crippen molar-refractivity contribution in [2.45, 2.75) is 18.9 Å². The van der Waals surface area contributed by atoms with E-state index >= 15 is 0 Å². The van der Waals surface area contributed by atoms with Crippen LogP contribution in [0.2, 0.25) is 0 Å². The first-order valence-electron chi connectivity index (χ1n) is 6.86. The van der Waals surface area contributed by atoms with Gasteiger partial charge in [0.05, 0.1) is 18.2 Å². The molecule has 0 bridgehead atoms. The van der Waals surface area contributed by atoms with Gasteiger partial charge in [-0.1, -0.05) is 0 Å². The summed E-state index contributed by atoms with van der Waals surface area (Å²) in [6.07, 6.45) is 3.72. The van der Waals surface area contributed by atoms with Crippen molar-refractivity contribution in [2.24, 2.45) is 5.92 Å². The maximum absolute atomic E-state index is 12.1. The molecule has 1 aromatic heterocycles. The third kappa shape index (κ3) is 3.81. The molecule has 1 amide bonds. The van der Waals surface area contributed by atoms with E-state index in [1.165, 1.54) is 0 Å². The number of hydrogen-bond acceptors (Lipinski definition) is 4. The summed E-state index contributed by atoms with van der Waals surface area (Å²) in [5.41, 5.74) is 0. The summed E-state index contributed by atoms with van der Waals surface area (Å²) < 4.78 is 5.43. The molecule has 106 valence electrons. The van der Waals surface area contributed by atoms with E-state index in [-0.39, 0.29) is 17.9 Å². The fourth-order valence-corrected chi connectivity index (χ4v) is 2.44. The molecule has 5 heteroatoms. The summed E-state index contributed by atoms with van der Waals surface area (Å²) >= 11 is 0. The van der Waals surface area contributed by atoms with Crippen LogP contribution in [0.4, 0.5) is 0 Å². The first-order chi connectivity index (χ1) is 9.18. The Bertz CT molecular complexity index is 383. The molecule has 0 aliphatic carbocycles. The number of furan rings is 1. The molecular formula is C14H23N3O2. The molecule has 1 saturated heterocycles. The maximum Gasteiger partial charge on any atom is 0.224 e. The minimum atomic E-state index is 0.0792. The Balaban J connectivity index is 1.86. The number of nitrogens with zero attached hydrogens (tertiary/aromatic N) is 1. The van der Waals surface area contributed by atoms with Gasteiger partial charge in [-0.05, 0) is 45.6 Å². The quantitative estimate of drug-likeness (QED) is 0.834. The van der Waals surface area contributed by atoms with E-state index in [0.29, 0.717) is 6.54 Å². The van der Waals surface area contributed by atoms with Crippen molar-refractivity contribution in [3.63, 3.8) is 0 Å². The lowest BCUT2D eigenvalue weighted by molar-refractivity contribution is -0.125. The fraction of sp³-hybridized carbons (Fsp3) is 0.643. The summed E-state index contributed by atoms with van der Waals surface area (Å²) in [4.78, 5) is 14.1. The predicted octanol–water partition coefficient (Wildman–Crippen LogP) is 0.998. The highest BCUT2D eigenvalue weighted by Gasteiger charge is 2.23. The summed E-state index contributed by atoms with van der Waals surface area (Å²) in [7, 11) is 3.98. The molecule has 0 aromatic carbocycles. The van der Waals surface area contributed by atoms with Crippen molar-refractivity contribution in [1.29, 1.82) is 0 Å². The van der Waals surface area contributed by atoms with Gasteiger partial charge in [0.15, 0.2) is 0 Å². The lowest BCUT2D eigenvalue weighted by Crippen LogP contribution is -2.43. The van der Waals surface area contributed by atoms with Gasteiger partial charge >= 0.3 is 0 Å². The molecule has 2 heterocycles. The van der Waals surface area contributed by atoms with Crippen LogP contribution in [0.1, 0.15) is 24.6 Å². The SMILES string of the molecule is CN(C)C(CNC(=O)[C@@H]1CCCNC1)c1ccco1. The van der Waals surface area contributed by atoms with E-state index in [2.05, 4.69) is 15.5 Å². The zero-order chi connectivity index (χ0) is 13.7. The van der Waals surface area contributed by atoms with Gasteiger partial charge in [-0.2, -0.15) is 0 Å². The third-order valence-corrected chi connectivity index (χ3v) is 3.63. The van der Waals surface area contributed by atoms with Gasteiger partial charge in [-0.15, -0.1) is 0 Å². The van der Waals surface area contributed by atoms with Crippen LogP contribution in [0.3, 0.4) is 0 Å². The Morgan fingerprint density at radius 2 is 2.47 bits per heavy atom. The van der Waals surface area contributed by atoms with E-state index in [0.717, 1.165) is 31.7 Å². The third-order valence-electron chi connectivity index (χ3n) is 3.63. The van der Waals surface area contributed by atoms with Crippen molar-refractivity contribution in [1.82, 2.24) is 15.5 Å². The predicted molar refractivity (Wildman–Crippen MR) is 73.7 cm³/mol. The van der Waals surface area contributed by atoms with Crippen molar-refractivity contribution >= 4 is 5.91 Å². The van der Waals surface area contributed by atoms with Gasteiger partial charge in [-0.25, -0.2) is 0 Å². The summed E-state index contributed by atoms with van der Waals surface area (Å²) in [6.45, 7) is 2.39. The van der Waals surface area contributed by atoms with Crippen molar-refractivity contribution in [2.75, 3.05) is 33.7 Å². The van der Waals surface area contributed by atoms with Gasteiger partial charge in [0.1, 0.15) is 5.76 Å². The van der Waals surface area contributed by atoms with Crippen LogP contribution in [0.25, 0.3) is 0 Å². The van der Waals surface area contributed by atoms with Crippen molar-refractivity contribution < 1.29 is 9.21 Å². The van der Waals surface area contributed by atoms with Crippen LogP contribution in [-0.2, 0) is 4.79 Å². The molecule has 1 fully saturated rings. The monoisotopic (exact) mass is 265 g/mol. The second kappa shape index (κ2) is 6.73. The first kappa shape index (κ1) is 14.1. The second-order valence-corrected chi connectivity index (χ2v) is 5.28. The molecule has 1 aromatic rings. The average Bonchev–Trinajstić information content (AvgIpc) is 2.93. The van der Waals surface area contributed by atoms with Crippen LogP contribution < -0.4 is 10.6 Å². The molecule has 0 radical (unpaired) electrons. The number of piperidine rings is 1. The molecule has 1 unspecified atom stereocenters. The number of hydrogen-bond donors (Lipinski definition) is 2. The Hall–Kier alpha value is -1.33. The molecular weight excluding hydrogens is 242 g/mol. The summed E-state index contributed by atoms with van der Waals surface area (Å²) in [5, 5.41) is 6.31. The van der Waals surface area contributed by atoms with Gasteiger partial charge in [0, 0.05) is 13.1 Å². The second-order valence-electron chi connectivity index (χ2n) is 5.28. The minimum Gasteiger partial charge on any atom is -0.468 e. The molecule has 2 atom stereocenters. The van der Waals surface area contributed by atoms with Crippen LogP contribution in [0, 0.1) is 5.92 Å². The highest BCUT2D eigenvalue weighted by atomic mass is 16.3. The lowest BCUT2D eigenvalue weighted by atomic mass is 9.99. The van der Waals surface area contributed by atoms with Crippen LogP contribution in [0.5, 0.6) is 0 Å². The fourth-order valence-electron chi connectivity index (χ4n) is 2.44. The molecule has 2 rings (SSSR count). The smallest absolute Gasteiger partial charge is 0.224 e. The number of likely N-dealkylation sites (N-methyl/N-ethyl adjacent to an activating group) is 1. The van der Waals surface area contributed by atoms with E-state index in [1.54, 1.807) is 6.26 Å². The number of carbonyl (C=O) groups is 1. The van der Waals surface area contributed by atoms with E-state index in [4.69, 9.17) is 4.42 Å². The Morgan fingerprint density at radius 1 is 1.63 bits per heavy atom. The molecule has 2 N–H and O–H groups in total. The van der Waals surface area contributed by atoms with Crippen LogP contribution >= 0.6 is 0 Å². The Morgan fingerprint density at radius 3 is 3.05 bits per heavy atom. The van der Waals surface area contributed by atoms with Crippen LogP contribution in [-0.4, -0.2) is 44.5 Å². The Kier molecular flexibility index (Phi) is 4.99. The number of carbonyl (C=O) groups excluding carboxylic acids is 1. The average molecular weight is 265 g/mol. The highest BCUT2D eigenvalue weighted by molar-refractivity contribution is 5.79. The molecule has 1 aliphatic heterocycles. The van der Waals surface area contributed by atoms with Crippen molar-refractivity contribution in [3.8, 4) is 0 Å². The van der Waals surface area contributed by atoms with E-state index < -0.39 is 0 Å². The van der Waals surface area contributed by atoms with Crippen LogP contribution in [0.15, 0.2) is 22.8 Å². The number of rotatable bonds is 5. The zero-order valence-corrected chi connectivity index (χ0v) is 11.7. The van der Waals surface area contributed by atoms with E-state index in [9.17, 15) is 4.79 Å². The minimum absolute atomic E-state index is 0.0792. The van der Waals surface area contributed by atoms with Crippen molar-refractivity contribution in [3.05, 3.63) is 24.2 Å². The van der Waals surface area contributed by atoms with Gasteiger partial charge in [-0.3, -0.25) is 9.69 Å². The Labute approximate surface area is 114 Å². The van der Waals surface area contributed by atoms with Gasteiger partial charge in [0.25, 0.3) is 0 Å². The zero-order valence-electron chi connectivity index (χ0n) is 11.7. The number of nitrogens with one attached hydrogen (secondary N) is 2. The molecule has 5 nitrogen and oxygen atoms in total. The maximum atomic E-state index is 12.1. The number of amides is 1. The summed E-state index contributed by atoms with van der Waals surface area (Å²) in [6, 6.07) is 3.90. The largest absolute Gasteiger partial charge is 0.468 e. The van der Waals surface area contributed by atoms with E-state index in [1.807, 2.05) is 26.2 Å². The molecule has 0 saturated carbocycles.